The van der Waals surface area contributed by atoms with E-state index in [-0.39, 0.29) is 17.7 Å². The van der Waals surface area contributed by atoms with Crippen molar-refractivity contribution in [2.45, 2.75) is 25.2 Å². The molecule has 0 bridgehead atoms. The lowest BCUT2D eigenvalue weighted by atomic mass is 9.89. The Morgan fingerprint density at radius 3 is 2.53 bits per heavy atom. The van der Waals surface area contributed by atoms with Crippen LogP contribution in [0.3, 0.4) is 0 Å². The van der Waals surface area contributed by atoms with Gasteiger partial charge in [0.15, 0.2) is 5.13 Å². The summed E-state index contributed by atoms with van der Waals surface area (Å²) in [6, 6.07) is 17.1. The van der Waals surface area contributed by atoms with Crippen LogP contribution in [0.5, 0.6) is 5.75 Å². The van der Waals surface area contributed by atoms with Gasteiger partial charge in [-0.05, 0) is 43.5 Å². The molecule has 1 saturated heterocycles. The molecule has 3 aromatic rings. The van der Waals surface area contributed by atoms with Crippen molar-refractivity contribution in [2.75, 3.05) is 43.5 Å². The van der Waals surface area contributed by atoms with E-state index in [1.54, 1.807) is 19.2 Å². The highest BCUT2D eigenvalue weighted by molar-refractivity contribution is 7.16. The zero-order valence-electron chi connectivity index (χ0n) is 19.2. The molecular formula is C26H28N4O3S. The van der Waals surface area contributed by atoms with E-state index >= 15 is 0 Å². The van der Waals surface area contributed by atoms with Gasteiger partial charge in [0.05, 0.1) is 24.4 Å². The van der Waals surface area contributed by atoms with Gasteiger partial charge in [0.1, 0.15) is 5.75 Å². The van der Waals surface area contributed by atoms with Crippen molar-refractivity contribution in [3.05, 3.63) is 70.7 Å². The predicted octanol–water partition coefficient (Wildman–Crippen LogP) is 4.17. The van der Waals surface area contributed by atoms with Crippen molar-refractivity contribution < 1.29 is 14.3 Å². The van der Waals surface area contributed by atoms with Gasteiger partial charge in [-0.2, -0.15) is 0 Å². The fraction of sp³-hybridized carbons (Fsp3) is 0.346. The molecule has 2 heterocycles. The summed E-state index contributed by atoms with van der Waals surface area (Å²) in [7, 11) is 1.68. The predicted molar refractivity (Wildman–Crippen MR) is 134 cm³/mol. The van der Waals surface area contributed by atoms with Crippen molar-refractivity contribution in [1.29, 1.82) is 0 Å². The SMILES string of the molecule is COc1ccccc1N1CCN(C(=O)C2CCCc3sc(NC(=O)c4ccccc4)nc32)CC1. The molecular weight excluding hydrogens is 448 g/mol. The lowest BCUT2D eigenvalue weighted by Gasteiger charge is -2.38. The molecule has 2 aromatic carbocycles. The molecule has 8 heteroatoms. The summed E-state index contributed by atoms with van der Waals surface area (Å²) in [5, 5.41) is 3.48. The third-order valence-electron chi connectivity index (χ3n) is 6.53. The Bertz CT molecular complexity index is 1170. The number of thiazole rings is 1. The molecule has 1 N–H and O–H groups in total. The van der Waals surface area contributed by atoms with E-state index < -0.39 is 0 Å². The maximum atomic E-state index is 13.5. The fourth-order valence-electron chi connectivity index (χ4n) is 4.75. The van der Waals surface area contributed by atoms with Gasteiger partial charge in [-0.1, -0.05) is 30.3 Å². The van der Waals surface area contributed by atoms with Gasteiger partial charge in [0, 0.05) is 36.6 Å². The van der Waals surface area contributed by atoms with Gasteiger partial charge in [-0.3, -0.25) is 14.9 Å². The lowest BCUT2D eigenvalue weighted by Crippen LogP contribution is -2.50. The number of piperazine rings is 1. The van der Waals surface area contributed by atoms with Crippen LogP contribution in [0.15, 0.2) is 54.6 Å². The van der Waals surface area contributed by atoms with Crippen LogP contribution in [-0.2, 0) is 11.2 Å². The highest BCUT2D eigenvalue weighted by atomic mass is 32.1. The first-order valence-electron chi connectivity index (χ1n) is 11.7. The zero-order chi connectivity index (χ0) is 23.5. The molecule has 2 amide bonds. The molecule has 0 spiro atoms. The van der Waals surface area contributed by atoms with E-state index in [1.807, 2.05) is 41.3 Å². The molecule has 1 aliphatic heterocycles. The smallest absolute Gasteiger partial charge is 0.257 e. The number of methoxy groups -OCH3 is 1. The molecule has 34 heavy (non-hydrogen) atoms. The van der Waals surface area contributed by atoms with Crippen LogP contribution >= 0.6 is 11.3 Å². The average Bonchev–Trinajstić information content (AvgIpc) is 3.31. The van der Waals surface area contributed by atoms with Gasteiger partial charge >= 0.3 is 0 Å². The number of hydrogen-bond donors (Lipinski definition) is 1. The number of carbonyl (C=O) groups excluding carboxylic acids is 2. The first kappa shape index (κ1) is 22.4. The van der Waals surface area contributed by atoms with Crippen LogP contribution in [0, 0.1) is 0 Å². The molecule has 0 saturated carbocycles. The van der Waals surface area contributed by atoms with E-state index in [0.29, 0.717) is 23.8 Å². The third-order valence-corrected chi connectivity index (χ3v) is 7.57. The van der Waals surface area contributed by atoms with E-state index in [9.17, 15) is 9.59 Å². The van der Waals surface area contributed by atoms with Crippen LogP contribution in [0.25, 0.3) is 0 Å². The Balaban J connectivity index is 1.26. The normalized spacial score (nSPS) is 17.7. The summed E-state index contributed by atoms with van der Waals surface area (Å²) in [5.41, 5.74) is 2.50. The van der Waals surface area contributed by atoms with Gasteiger partial charge in [-0.25, -0.2) is 4.98 Å². The average molecular weight is 477 g/mol. The molecule has 5 rings (SSSR count). The number of nitrogens with zero attached hydrogens (tertiary/aromatic N) is 3. The molecule has 7 nitrogen and oxygen atoms in total. The number of anilines is 2. The Labute approximate surface area is 203 Å². The highest BCUT2D eigenvalue weighted by Crippen LogP contribution is 2.38. The Kier molecular flexibility index (Phi) is 6.49. The van der Waals surface area contributed by atoms with Gasteiger partial charge in [-0.15, -0.1) is 11.3 Å². The van der Waals surface area contributed by atoms with Crippen LogP contribution < -0.4 is 15.0 Å². The minimum absolute atomic E-state index is 0.145. The van der Waals surface area contributed by atoms with Crippen molar-refractivity contribution in [3.63, 3.8) is 0 Å². The number of fused-ring (bicyclic) bond motifs is 1. The number of benzene rings is 2. The van der Waals surface area contributed by atoms with Gasteiger partial charge in [0.2, 0.25) is 5.91 Å². The summed E-state index contributed by atoms with van der Waals surface area (Å²) in [6.45, 7) is 2.87. The first-order chi connectivity index (χ1) is 16.6. The molecule has 0 radical (unpaired) electrons. The van der Waals surface area contributed by atoms with Crippen molar-refractivity contribution in [3.8, 4) is 5.75 Å². The van der Waals surface area contributed by atoms with Gasteiger partial charge in [0.25, 0.3) is 5.91 Å². The minimum Gasteiger partial charge on any atom is -0.495 e. The van der Waals surface area contributed by atoms with Gasteiger partial charge < -0.3 is 14.5 Å². The Morgan fingerprint density at radius 1 is 1.03 bits per heavy atom. The van der Waals surface area contributed by atoms with Crippen molar-refractivity contribution in [1.82, 2.24) is 9.88 Å². The summed E-state index contributed by atoms with van der Waals surface area (Å²) >= 11 is 1.49. The molecule has 1 aromatic heterocycles. The highest BCUT2D eigenvalue weighted by Gasteiger charge is 2.34. The Morgan fingerprint density at radius 2 is 1.76 bits per heavy atom. The molecule has 1 unspecified atom stereocenters. The third kappa shape index (κ3) is 4.50. The maximum absolute atomic E-state index is 13.5. The number of ether oxygens (including phenoxy) is 1. The molecule has 176 valence electrons. The van der Waals surface area contributed by atoms with E-state index in [1.165, 1.54) is 11.3 Å². The first-order valence-corrected chi connectivity index (χ1v) is 12.5. The molecule has 2 aliphatic rings. The summed E-state index contributed by atoms with van der Waals surface area (Å²) < 4.78 is 5.51. The Hall–Kier alpha value is -3.39. The largest absolute Gasteiger partial charge is 0.495 e. The van der Waals surface area contributed by atoms with Crippen molar-refractivity contribution >= 4 is 34.0 Å². The number of rotatable bonds is 5. The summed E-state index contributed by atoms with van der Waals surface area (Å²) in [5.74, 6) is 0.584. The summed E-state index contributed by atoms with van der Waals surface area (Å²) in [6.07, 6.45) is 2.66. The number of nitrogens with one attached hydrogen (secondary N) is 1. The quantitative estimate of drug-likeness (QED) is 0.598. The lowest BCUT2D eigenvalue weighted by molar-refractivity contribution is -0.133. The number of aromatic nitrogens is 1. The molecule has 1 fully saturated rings. The second kappa shape index (κ2) is 9.85. The number of para-hydroxylation sites is 2. The van der Waals surface area contributed by atoms with Crippen LogP contribution in [0.4, 0.5) is 10.8 Å². The second-order valence-electron chi connectivity index (χ2n) is 8.58. The molecule has 1 atom stereocenters. The number of amides is 2. The number of aryl methyl sites for hydroxylation is 1. The monoisotopic (exact) mass is 476 g/mol. The number of carbonyl (C=O) groups is 2. The van der Waals surface area contributed by atoms with Crippen molar-refractivity contribution in [2.24, 2.45) is 0 Å². The van der Waals surface area contributed by atoms with Crippen LogP contribution in [0.1, 0.15) is 39.7 Å². The second-order valence-corrected chi connectivity index (χ2v) is 9.66. The zero-order valence-corrected chi connectivity index (χ0v) is 20.0. The standard InChI is InChI=1S/C26H28N4O3S/c1-33-21-12-6-5-11-20(21)29-14-16-30(17-15-29)25(32)19-10-7-13-22-23(19)27-26(34-22)28-24(31)18-8-3-2-4-9-18/h2-6,8-9,11-12,19H,7,10,13-17H2,1H3,(H,27,28,31). The van der Waals surface area contributed by atoms with E-state index in [4.69, 9.17) is 9.72 Å². The number of hydrogen-bond acceptors (Lipinski definition) is 6. The maximum Gasteiger partial charge on any atom is 0.257 e. The fourth-order valence-corrected chi connectivity index (χ4v) is 5.81. The van der Waals surface area contributed by atoms with Crippen LogP contribution in [-0.4, -0.2) is 55.0 Å². The molecule has 1 aliphatic carbocycles. The summed E-state index contributed by atoms with van der Waals surface area (Å²) in [4.78, 5) is 36.1. The van der Waals surface area contributed by atoms with Crippen LogP contribution in [0.2, 0.25) is 0 Å². The topological polar surface area (TPSA) is 74.8 Å². The van der Waals surface area contributed by atoms with E-state index in [0.717, 1.165) is 54.4 Å². The van der Waals surface area contributed by atoms with E-state index in [2.05, 4.69) is 16.3 Å². The minimum atomic E-state index is -0.236.